The van der Waals surface area contributed by atoms with Gasteiger partial charge in [0.15, 0.2) is 6.10 Å². The average Bonchev–Trinajstić information content (AvgIpc) is 2.57. The van der Waals surface area contributed by atoms with Gasteiger partial charge in [-0.1, -0.05) is 0 Å². The molecule has 0 aliphatic rings. The molecule has 0 aromatic carbocycles. The van der Waals surface area contributed by atoms with Gasteiger partial charge in [-0.2, -0.15) is 5.10 Å². The molecule has 0 spiro atoms. The van der Waals surface area contributed by atoms with E-state index in [-0.39, 0.29) is 25.4 Å². The number of aliphatic hydroxyl groups excluding tert-OH is 1. The first-order valence-corrected chi connectivity index (χ1v) is 5.58. The lowest BCUT2D eigenvalue weighted by Crippen LogP contribution is -2.32. The molecule has 0 fully saturated rings. The maximum Gasteiger partial charge on any atom is 0.332 e. The molecule has 3 N–H and O–H groups in total. The number of aliphatic carboxylic acids is 1. The maximum atomic E-state index is 11.5. The molecule has 0 radical (unpaired) electrons. The minimum absolute atomic E-state index is 0.0157. The van der Waals surface area contributed by atoms with E-state index in [4.69, 9.17) is 10.2 Å². The smallest absolute Gasteiger partial charge is 0.332 e. The third-order valence-electron chi connectivity index (χ3n) is 2.42. The molecule has 0 aliphatic carbocycles. The second kappa shape index (κ2) is 6.15. The molecule has 1 aromatic heterocycles. The quantitative estimate of drug-likeness (QED) is 0.632. The van der Waals surface area contributed by atoms with Crippen LogP contribution in [0.5, 0.6) is 0 Å². The van der Waals surface area contributed by atoms with Gasteiger partial charge < -0.3 is 15.5 Å². The van der Waals surface area contributed by atoms with Crippen LogP contribution in [-0.4, -0.2) is 44.5 Å². The van der Waals surface area contributed by atoms with Crippen molar-refractivity contribution in [3.8, 4) is 0 Å². The lowest BCUT2D eigenvalue weighted by Gasteiger charge is -2.08. The van der Waals surface area contributed by atoms with Crippen molar-refractivity contribution in [3.63, 3.8) is 0 Å². The zero-order chi connectivity index (χ0) is 13.7. The van der Waals surface area contributed by atoms with Crippen LogP contribution in [0.25, 0.3) is 0 Å². The maximum absolute atomic E-state index is 11.5. The molecule has 7 nitrogen and oxygen atoms in total. The van der Waals surface area contributed by atoms with Crippen molar-refractivity contribution in [2.24, 2.45) is 0 Å². The van der Waals surface area contributed by atoms with Crippen molar-refractivity contribution in [2.45, 2.75) is 32.9 Å². The number of nitrogens with zero attached hydrogens (tertiary/aromatic N) is 2. The number of aryl methyl sites for hydroxylation is 2. The minimum atomic E-state index is -1.45. The van der Waals surface area contributed by atoms with Gasteiger partial charge in [0.05, 0.1) is 5.69 Å². The summed E-state index contributed by atoms with van der Waals surface area (Å²) in [6.45, 7) is 3.89. The molecule has 0 bridgehead atoms. The lowest BCUT2D eigenvalue weighted by atomic mass is 10.2. The van der Waals surface area contributed by atoms with E-state index in [1.807, 2.05) is 19.9 Å². The van der Waals surface area contributed by atoms with Crippen LogP contribution >= 0.6 is 0 Å². The Kier molecular flexibility index (Phi) is 4.85. The summed E-state index contributed by atoms with van der Waals surface area (Å²) in [5, 5.41) is 24.1. The van der Waals surface area contributed by atoms with E-state index in [1.165, 1.54) is 0 Å². The molecular weight excluding hydrogens is 238 g/mol. The Balaban J connectivity index is 2.34. The van der Waals surface area contributed by atoms with Crippen LogP contribution in [0.4, 0.5) is 0 Å². The van der Waals surface area contributed by atoms with Crippen LogP contribution < -0.4 is 5.32 Å². The predicted octanol–water partition coefficient (Wildman–Crippen LogP) is -0.548. The lowest BCUT2D eigenvalue weighted by molar-refractivity contribution is -0.147. The van der Waals surface area contributed by atoms with E-state index >= 15 is 0 Å². The Morgan fingerprint density at radius 2 is 2.17 bits per heavy atom. The summed E-state index contributed by atoms with van der Waals surface area (Å²) in [5.74, 6) is -1.55. The van der Waals surface area contributed by atoms with Crippen LogP contribution in [0.15, 0.2) is 6.07 Å². The van der Waals surface area contributed by atoms with E-state index in [1.54, 1.807) is 4.68 Å². The summed E-state index contributed by atoms with van der Waals surface area (Å²) < 4.78 is 1.57. The van der Waals surface area contributed by atoms with E-state index in [0.717, 1.165) is 11.4 Å². The standard InChI is InChI=1S/C11H17N3O4/c1-7-5-8(2)14(13-7)6-10(16)12-4-3-9(15)11(17)18/h5,9,15H,3-4,6H2,1-2H3,(H,12,16)(H,17,18)/t9-/m0/s1. The Labute approximate surface area is 104 Å². The van der Waals surface area contributed by atoms with Gasteiger partial charge in [0, 0.05) is 18.7 Å². The van der Waals surface area contributed by atoms with Crippen LogP contribution in [-0.2, 0) is 16.1 Å². The highest BCUT2D eigenvalue weighted by Gasteiger charge is 2.13. The molecule has 1 aromatic rings. The molecule has 1 rings (SSSR count). The van der Waals surface area contributed by atoms with Gasteiger partial charge in [-0.3, -0.25) is 9.48 Å². The van der Waals surface area contributed by atoms with E-state index in [0.29, 0.717) is 0 Å². The summed E-state index contributed by atoms with van der Waals surface area (Å²) in [4.78, 5) is 21.9. The number of carbonyl (C=O) groups is 2. The Morgan fingerprint density at radius 3 is 2.67 bits per heavy atom. The molecule has 7 heteroatoms. The van der Waals surface area contributed by atoms with Crippen LogP contribution in [0.3, 0.4) is 0 Å². The number of nitrogens with one attached hydrogen (secondary N) is 1. The van der Waals surface area contributed by atoms with E-state index in [2.05, 4.69) is 10.4 Å². The Bertz CT molecular complexity index is 441. The number of aromatic nitrogens is 2. The monoisotopic (exact) mass is 255 g/mol. The molecule has 0 saturated carbocycles. The summed E-state index contributed by atoms with van der Waals surface area (Å²) in [6.07, 6.45) is -1.46. The van der Waals surface area contributed by atoms with Gasteiger partial charge in [0.1, 0.15) is 6.54 Å². The third kappa shape index (κ3) is 4.17. The average molecular weight is 255 g/mol. The fourth-order valence-electron chi connectivity index (χ4n) is 1.50. The van der Waals surface area contributed by atoms with E-state index < -0.39 is 12.1 Å². The molecule has 0 unspecified atom stereocenters. The van der Waals surface area contributed by atoms with Gasteiger partial charge in [0.2, 0.25) is 5.91 Å². The minimum Gasteiger partial charge on any atom is -0.479 e. The zero-order valence-corrected chi connectivity index (χ0v) is 10.4. The number of rotatable bonds is 6. The molecule has 100 valence electrons. The largest absolute Gasteiger partial charge is 0.479 e. The first-order valence-electron chi connectivity index (χ1n) is 5.58. The number of aliphatic hydroxyl groups is 1. The third-order valence-corrected chi connectivity index (χ3v) is 2.42. The second-order valence-electron chi connectivity index (χ2n) is 4.08. The topological polar surface area (TPSA) is 104 Å². The van der Waals surface area contributed by atoms with Crippen molar-refractivity contribution in [1.29, 1.82) is 0 Å². The highest BCUT2D eigenvalue weighted by molar-refractivity contribution is 5.76. The fourth-order valence-corrected chi connectivity index (χ4v) is 1.50. The second-order valence-corrected chi connectivity index (χ2v) is 4.08. The molecule has 0 saturated heterocycles. The normalized spacial score (nSPS) is 12.2. The molecule has 1 heterocycles. The van der Waals surface area contributed by atoms with Gasteiger partial charge >= 0.3 is 5.97 Å². The number of hydrogen-bond acceptors (Lipinski definition) is 4. The van der Waals surface area contributed by atoms with Crippen molar-refractivity contribution >= 4 is 11.9 Å². The first kappa shape index (κ1) is 14.2. The molecule has 1 amide bonds. The highest BCUT2D eigenvalue weighted by Crippen LogP contribution is 2.01. The molecule has 0 aliphatic heterocycles. The zero-order valence-electron chi connectivity index (χ0n) is 10.4. The molecular formula is C11H17N3O4. The predicted molar refractivity (Wildman–Crippen MR) is 63.0 cm³/mol. The SMILES string of the molecule is Cc1cc(C)n(CC(=O)NCC[C@H](O)C(=O)O)n1. The highest BCUT2D eigenvalue weighted by atomic mass is 16.4. The van der Waals surface area contributed by atoms with Gasteiger partial charge in [-0.15, -0.1) is 0 Å². The number of amides is 1. The number of carbonyl (C=O) groups excluding carboxylic acids is 1. The van der Waals surface area contributed by atoms with E-state index in [9.17, 15) is 9.59 Å². The Hall–Kier alpha value is -1.89. The molecule has 18 heavy (non-hydrogen) atoms. The van der Waals surface area contributed by atoms with Crippen molar-refractivity contribution in [1.82, 2.24) is 15.1 Å². The summed E-state index contributed by atoms with van der Waals surface area (Å²) in [7, 11) is 0. The van der Waals surface area contributed by atoms with Gasteiger partial charge in [0.25, 0.3) is 0 Å². The fraction of sp³-hybridized carbons (Fsp3) is 0.545. The van der Waals surface area contributed by atoms with Crippen molar-refractivity contribution in [2.75, 3.05) is 6.54 Å². The van der Waals surface area contributed by atoms with Crippen molar-refractivity contribution in [3.05, 3.63) is 17.5 Å². The van der Waals surface area contributed by atoms with Crippen LogP contribution in [0, 0.1) is 13.8 Å². The Morgan fingerprint density at radius 1 is 1.50 bits per heavy atom. The van der Waals surface area contributed by atoms with Crippen molar-refractivity contribution < 1.29 is 19.8 Å². The van der Waals surface area contributed by atoms with Crippen LogP contribution in [0.2, 0.25) is 0 Å². The van der Waals surface area contributed by atoms with Gasteiger partial charge in [-0.25, -0.2) is 4.79 Å². The number of hydrogen-bond donors (Lipinski definition) is 3. The van der Waals surface area contributed by atoms with Gasteiger partial charge in [-0.05, 0) is 19.9 Å². The summed E-state index contributed by atoms with van der Waals surface area (Å²) >= 11 is 0. The number of carboxylic acid groups (broad SMARTS) is 1. The summed E-state index contributed by atoms with van der Waals surface area (Å²) in [5.41, 5.74) is 1.72. The van der Waals surface area contributed by atoms with Crippen LogP contribution in [0.1, 0.15) is 17.8 Å². The summed E-state index contributed by atoms with van der Waals surface area (Å²) in [6, 6.07) is 1.86. The number of carboxylic acids is 1. The first-order chi connectivity index (χ1) is 8.40. The molecule has 1 atom stereocenters.